The van der Waals surface area contributed by atoms with Gasteiger partial charge in [-0.15, -0.1) is 0 Å². The van der Waals surface area contributed by atoms with Gasteiger partial charge < -0.3 is 24.1 Å². The largest absolute Gasteiger partial charge is 0.755 e. The molecule has 8 heteroatoms. The van der Waals surface area contributed by atoms with Crippen LogP contribution in [0.4, 0.5) is 11.4 Å². The molecule has 1 aromatic carbocycles. The second-order valence-corrected chi connectivity index (χ2v) is 5.52. The van der Waals surface area contributed by atoms with Crippen molar-refractivity contribution in [2.45, 2.75) is 19.8 Å². The quantitative estimate of drug-likeness (QED) is 0.504. The molecule has 0 aliphatic rings. The fourth-order valence-corrected chi connectivity index (χ4v) is 2.50. The normalized spacial score (nSPS) is 11.9. The van der Waals surface area contributed by atoms with Crippen LogP contribution in [0.2, 0.25) is 0 Å². The highest BCUT2D eigenvalue weighted by molar-refractivity contribution is 7.80. The summed E-state index contributed by atoms with van der Waals surface area (Å²) in [6.45, 7) is 2.67. The highest BCUT2D eigenvalue weighted by Crippen LogP contribution is 2.37. The molecule has 124 valence electrons. The molecular formula is C15H17N2O5S-. The van der Waals surface area contributed by atoms with E-state index >= 15 is 0 Å². The summed E-state index contributed by atoms with van der Waals surface area (Å²) in [7, 11) is 0. The molecule has 1 heterocycles. The summed E-state index contributed by atoms with van der Waals surface area (Å²) in [6, 6.07) is 6.09. The van der Waals surface area contributed by atoms with E-state index in [0.29, 0.717) is 23.6 Å². The average Bonchev–Trinajstić information content (AvgIpc) is 3.00. The summed E-state index contributed by atoms with van der Waals surface area (Å²) < 4.78 is 29.7. The van der Waals surface area contributed by atoms with Crippen molar-refractivity contribution in [1.29, 1.82) is 0 Å². The highest BCUT2D eigenvalue weighted by atomic mass is 32.2. The zero-order chi connectivity index (χ0) is 16.8. The highest BCUT2D eigenvalue weighted by Gasteiger charge is 2.18. The molecule has 2 aromatic rings. The summed E-state index contributed by atoms with van der Waals surface area (Å²) >= 11 is -2.59. The SMILES string of the molecule is CCCCNc1cc(C(=O)O)cc(NS(=O)[O-])c1-c1ccco1. The lowest BCUT2D eigenvalue weighted by atomic mass is 10.0. The summed E-state index contributed by atoms with van der Waals surface area (Å²) in [5.41, 5.74) is 1.10. The molecule has 1 unspecified atom stereocenters. The molecule has 3 N–H and O–H groups in total. The van der Waals surface area contributed by atoms with Crippen molar-refractivity contribution in [3.05, 3.63) is 36.1 Å². The van der Waals surface area contributed by atoms with Crippen LogP contribution in [0.1, 0.15) is 30.1 Å². The minimum atomic E-state index is -2.59. The first-order valence-corrected chi connectivity index (χ1v) is 8.15. The van der Waals surface area contributed by atoms with Crippen LogP contribution in [0.25, 0.3) is 11.3 Å². The molecular weight excluding hydrogens is 320 g/mol. The number of nitrogens with one attached hydrogen (secondary N) is 2. The average molecular weight is 337 g/mol. The number of carbonyl (C=O) groups is 1. The number of carboxylic acid groups (broad SMARTS) is 1. The summed E-state index contributed by atoms with van der Waals surface area (Å²) in [6.07, 6.45) is 3.33. The molecule has 0 radical (unpaired) electrons. The van der Waals surface area contributed by atoms with Crippen molar-refractivity contribution >= 4 is 28.6 Å². The van der Waals surface area contributed by atoms with Gasteiger partial charge in [-0.3, -0.25) is 4.21 Å². The molecule has 2 rings (SSSR count). The molecule has 0 aliphatic heterocycles. The zero-order valence-electron chi connectivity index (χ0n) is 12.5. The second-order valence-electron chi connectivity index (χ2n) is 4.85. The van der Waals surface area contributed by atoms with Gasteiger partial charge >= 0.3 is 5.97 Å². The molecule has 0 fully saturated rings. The van der Waals surface area contributed by atoms with E-state index in [2.05, 4.69) is 10.0 Å². The van der Waals surface area contributed by atoms with Crippen molar-refractivity contribution in [2.75, 3.05) is 16.6 Å². The van der Waals surface area contributed by atoms with Crippen LogP contribution >= 0.6 is 0 Å². The van der Waals surface area contributed by atoms with E-state index in [-0.39, 0.29) is 11.3 Å². The standard InChI is InChI=1S/C15H18N2O5S/c1-2-3-6-16-11-8-10(15(18)19)9-12(17-23(20)21)14(11)13-5-4-7-22-13/h4-5,7-9,16-17H,2-3,6H2,1H3,(H,18,19)(H,20,21)/p-1. The maximum absolute atomic E-state index is 11.3. The molecule has 1 aromatic heterocycles. The van der Waals surface area contributed by atoms with Gasteiger partial charge in [0, 0.05) is 23.5 Å². The predicted octanol–water partition coefficient (Wildman–Crippen LogP) is 3.06. The summed E-state index contributed by atoms with van der Waals surface area (Å²) in [5, 5.41) is 12.4. The molecule has 7 nitrogen and oxygen atoms in total. The van der Waals surface area contributed by atoms with Gasteiger partial charge in [0.2, 0.25) is 0 Å². The third-order valence-electron chi connectivity index (χ3n) is 3.19. The Morgan fingerprint density at radius 1 is 1.39 bits per heavy atom. The van der Waals surface area contributed by atoms with E-state index in [0.717, 1.165) is 12.8 Å². The monoisotopic (exact) mass is 337 g/mol. The lowest BCUT2D eigenvalue weighted by Crippen LogP contribution is -2.10. The fraction of sp³-hybridized carbons (Fsp3) is 0.267. The molecule has 1 atom stereocenters. The van der Waals surface area contributed by atoms with Crippen LogP contribution in [0.15, 0.2) is 34.9 Å². The van der Waals surface area contributed by atoms with Crippen LogP contribution in [0, 0.1) is 0 Å². The molecule has 0 spiro atoms. The van der Waals surface area contributed by atoms with E-state index in [1.54, 1.807) is 12.1 Å². The summed E-state index contributed by atoms with van der Waals surface area (Å²) in [5.74, 6) is -0.705. The number of furan rings is 1. The first-order valence-electron chi connectivity index (χ1n) is 7.08. The zero-order valence-corrected chi connectivity index (χ0v) is 13.3. The lowest BCUT2D eigenvalue weighted by molar-refractivity contribution is 0.0697. The van der Waals surface area contributed by atoms with Crippen molar-refractivity contribution in [2.24, 2.45) is 0 Å². The van der Waals surface area contributed by atoms with Crippen molar-refractivity contribution in [3.63, 3.8) is 0 Å². The third kappa shape index (κ3) is 4.33. The Kier molecular flexibility index (Phi) is 5.78. The predicted molar refractivity (Wildman–Crippen MR) is 87.0 cm³/mol. The minimum absolute atomic E-state index is 0.0211. The van der Waals surface area contributed by atoms with E-state index in [1.165, 1.54) is 18.4 Å². The molecule has 0 saturated carbocycles. The smallest absolute Gasteiger partial charge is 0.335 e. The van der Waals surface area contributed by atoms with Crippen LogP contribution < -0.4 is 10.0 Å². The lowest BCUT2D eigenvalue weighted by Gasteiger charge is -2.18. The Hall–Kier alpha value is -2.32. The Morgan fingerprint density at radius 2 is 2.13 bits per heavy atom. The van der Waals surface area contributed by atoms with Crippen molar-refractivity contribution in [3.8, 4) is 11.3 Å². The number of benzene rings is 1. The topological polar surface area (TPSA) is 115 Å². The van der Waals surface area contributed by atoms with Crippen LogP contribution in [0.5, 0.6) is 0 Å². The van der Waals surface area contributed by atoms with Crippen molar-refractivity contribution < 1.29 is 23.1 Å². The molecule has 0 saturated heterocycles. The van der Waals surface area contributed by atoms with E-state index in [1.807, 2.05) is 6.92 Å². The number of unbranched alkanes of at least 4 members (excludes halogenated alkanes) is 1. The van der Waals surface area contributed by atoms with Gasteiger partial charge in [0.25, 0.3) is 0 Å². The van der Waals surface area contributed by atoms with Gasteiger partial charge in [-0.2, -0.15) is 0 Å². The number of aromatic carboxylic acids is 1. The van der Waals surface area contributed by atoms with Crippen LogP contribution in [-0.2, 0) is 11.3 Å². The Morgan fingerprint density at radius 3 is 2.70 bits per heavy atom. The maximum atomic E-state index is 11.3. The first kappa shape index (κ1) is 17.0. The second kappa shape index (κ2) is 7.80. The Balaban J connectivity index is 2.56. The fourth-order valence-electron chi connectivity index (χ4n) is 2.16. The molecule has 0 amide bonds. The van der Waals surface area contributed by atoms with Gasteiger partial charge in [-0.25, -0.2) is 4.79 Å². The van der Waals surface area contributed by atoms with E-state index < -0.39 is 17.2 Å². The van der Waals surface area contributed by atoms with Gasteiger partial charge in [0.05, 0.1) is 23.1 Å². The molecule has 0 aliphatic carbocycles. The number of rotatable bonds is 8. The number of hydrogen-bond acceptors (Lipinski definition) is 5. The number of anilines is 2. The number of carboxylic acids is 1. The van der Waals surface area contributed by atoms with Gasteiger partial charge in [0.1, 0.15) is 5.76 Å². The molecule has 0 bridgehead atoms. The minimum Gasteiger partial charge on any atom is -0.755 e. The van der Waals surface area contributed by atoms with Gasteiger partial charge in [-0.1, -0.05) is 13.3 Å². The van der Waals surface area contributed by atoms with Gasteiger partial charge in [0.15, 0.2) is 0 Å². The Bertz CT molecular complexity index is 700. The number of hydrogen-bond donors (Lipinski definition) is 3. The van der Waals surface area contributed by atoms with Crippen molar-refractivity contribution in [1.82, 2.24) is 0 Å². The van der Waals surface area contributed by atoms with E-state index in [9.17, 15) is 18.7 Å². The van der Waals surface area contributed by atoms with Crippen LogP contribution in [0.3, 0.4) is 0 Å². The maximum Gasteiger partial charge on any atom is 0.335 e. The first-order chi connectivity index (χ1) is 11.0. The third-order valence-corrected chi connectivity index (χ3v) is 3.58. The summed E-state index contributed by atoms with van der Waals surface area (Å²) in [4.78, 5) is 11.3. The molecule has 23 heavy (non-hydrogen) atoms. The van der Waals surface area contributed by atoms with E-state index in [4.69, 9.17) is 4.42 Å². The van der Waals surface area contributed by atoms with Gasteiger partial charge in [-0.05, 0) is 30.7 Å². The Labute approximate surface area is 136 Å². The van der Waals surface area contributed by atoms with Crippen LogP contribution in [-0.4, -0.2) is 26.4 Å².